The molecule has 1 saturated heterocycles. The van der Waals surface area contributed by atoms with Gasteiger partial charge in [-0.3, -0.25) is 23.7 Å². The normalized spacial score (nSPS) is 21.3. The van der Waals surface area contributed by atoms with Crippen LogP contribution in [-0.2, 0) is 33.1 Å². The van der Waals surface area contributed by atoms with Crippen molar-refractivity contribution in [3.8, 4) is 0 Å². The Morgan fingerprint density at radius 2 is 2.07 bits per heavy atom. The molecule has 29 heavy (non-hydrogen) atoms. The highest BCUT2D eigenvalue weighted by atomic mass is 32.1. The van der Waals surface area contributed by atoms with Gasteiger partial charge in [0.1, 0.15) is 5.82 Å². The minimum atomic E-state index is -0.568. The monoisotopic (exact) mass is 413 g/mol. The van der Waals surface area contributed by atoms with Crippen molar-refractivity contribution in [2.24, 2.45) is 12.5 Å². The van der Waals surface area contributed by atoms with E-state index in [-0.39, 0.29) is 12.0 Å². The molecule has 1 fully saturated rings. The molecule has 0 radical (unpaired) electrons. The molecule has 1 atom stereocenters. The number of hydrogen-bond donors (Lipinski definition) is 0. The van der Waals surface area contributed by atoms with E-state index in [4.69, 9.17) is 0 Å². The first-order valence-electron chi connectivity index (χ1n) is 9.73. The van der Waals surface area contributed by atoms with E-state index < -0.39 is 11.1 Å². The van der Waals surface area contributed by atoms with Gasteiger partial charge in [0, 0.05) is 55.7 Å². The van der Waals surface area contributed by atoms with Gasteiger partial charge >= 0.3 is 11.1 Å². The minimum absolute atomic E-state index is 0.0236. The predicted octanol–water partition coefficient (Wildman–Crippen LogP) is 0.400. The molecule has 2 aliphatic rings. The molecule has 3 aromatic heterocycles. The zero-order valence-electron chi connectivity index (χ0n) is 16.5. The Morgan fingerprint density at radius 3 is 2.79 bits per heavy atom. The molecule has 3 aromatic rings. The lowest BCUT2D eigenvalue weighted by Crippen LogP contribution is -2.43. The first-order valence-corrected chi connectivity index (χ1v) is 10.6. The molecule has 1 unspecified atom stereocenters. The maximum absolute atomic E-state index is 12.7. The quantitative estimate of drug-likeness (QED) is 0.575. The fraction of sp³-hybridized carbons (Fsp3) is 0.526. The Kier molecular flexibility index (Phi) is 4.28. The third-order valence-corrected chi connectivity index (χ3v) is 6.72. The molecule has 152 valence electrons. The van der Waals surface area contributed by atoms with Crippen LogP contribution in [0.3, 0.4) is 0 Å². The van der Waals surface area contributed by atoms with Gasteiger partial charge in [0.15, 0.2) is 0 Å². The fourth-order valence-electron chi connectivity index (χ4n) is 4.59. The Hall–Kier alpha value is -2.59. The Balaban J connectivity index is 1.37. The molecular formula is C19H23N7O2S. The topological polar surface area (TPSA) is 90.8 Å². The van der Waals surface area contributed by atoms with Crippen LogP contribution >= 0.6 is 11.3 Å². The summed E-state index contributed by atoms with van der Waals surface area (Å²) in [5, 5.41) is 11.6. The van der Waals surface area contributed by atoms with E-state index in [2.05, 4.69) is 20.1 Å². The van der Waals surface area contributed by atoms with Crippen molar-refractivity contribution < 1.29 is 0 Å². The summed E-state index contributed by atoms with van der Waals surface area (Å²) < 4.78 is 4.69. The van der Waals surface area contributed by atoms with Crippen molar-refractivity contribution >= 4 is 11.3 Å². The second kappa shape index (κ2) is 6.74. The number of rotatable bonds is 4. The molecule has 5 rings (SSSR count). The van der Waals surface area contributed by atoms with Gasteiger partial charge in [-0.25, -0.2) is 9.67 Å². The smallest absolute Gasteiger partial charge is 0.298 e. The molecule has 10 heteroatoms. The van der Waals surface area contributed by atoms with Crippen LogP contribution in [0.1, 0.15) is 28.5 Å². The van der Waals surface area contributed by atoms with Crippen LogP contribution in [0, 0.1) is 12.3 Å². The van der Waals surface area contributed by atoms with E-state index in [1.54, 1.807) is 4.57 Å². The van der Waals surface area contributed by atoms with E-state index in [1.807, 2.05) is 36.4 Å². The summed E-state index contributed by atoms with van der Waals surface area (Å²) in [4.78, 5) is 32.1. The highest BCUT2D eigenvalue weighted by Crippen LogP contribution is 2.39. The Bertz CT molecular complexity index is 1190. The highest BCUT2D eigenvalue weighted by Gasteiger charge is 2.44. The Morgan fingerprint density at radius 1 is 1.21 bits per heavy atom. The van der Waals surface area contributed by atoms with Crippen LogP contribution in [0.2, 0.25) is 0 Å². The number of nitrogens with zero attached hydrogens (tertiary/aromatic N) is 7. The maximum atomic E-state index is 12.7. The molecule has 0 aliphatic carbocycles. The van der Waals surface area contributed by atoms with E-state index in [0.29, 0.717) is 12.4 Å². The molecular weight excluding hydrogens is 390 g/mol. The van der Waals surface area contributed by atoms with E-state index in [1.165, 1.54) is 21.6 Å². The van der Waals surface area contributed by atoms with Gasteiger partial charge in [0.2, 0.25) is 0 Å². The maximum Gasteiger partial charge on any atom is 0.332 e. The number of hydrogen-bond acceptors (Lipinski definition) is 7. The molecule has 2 aliphatic heterocycles. The zero-order chi connectivity index (χ0) is 20.2. The van der Waals surface area contributed by atoms with Gasteiger partial charge < -0.3 is 0 Å². The lowest BCUT2D eigenvalue weighted by atomic mass is 9.86. The lowest BCUT2D eigenvalue weighted by Gasteiger charge is -2.22. The van der Waals surface area contributed by atoms with Crippen LogP contribution < -0.4 is 11.1 Å². The largest absolute Gasteiger partial charge is 0.332 e. The summed E-state index contributed by atoms with van der Waals surface area (Å²) in [6, 6.07) is 0. The summed E-state index contributed by atoms with van der Waals surface area (Å²) in [5.41, 5.74) is 0.895. The van der Waals surface area contributed by atoms with Gasteiger partial charge in [-0.2, -0.15) is 10.2 Å². The number of thiazole rings is 1. The molecule has 0 N–H and O–H groups in total. The second-order valence-electron chi connectivity index (χ2n) is 8.29. The van der Waals surface area contributed by atoms with Crippen LogP contribution in [-0.4, -0.2) is 47.1 Å². The SMILES string of the molecule is Cc1nc(Cn2nc3n(c(=O)c2=O)CC2(CCN(Cc4cnn(C)c4)C2)C3)cs1. The van der Waals surface area contributed by atoms with Crippen LogP contribution in [0.4, 0.5) is 0 Å². The standard InChI is InChI=1S/C19H23N7O2S/c1-13-21-15(10-29-13)9-26-18(28)17(27)25-12-19(5-16(25)22-26)3-4-24(11-19)8-14-6-20-23(2)7-14/h6-7,10H,3-5,8-9,11-12H2,1-2H3. The average Bonchev–Trinajstić information content (AvgIpc) is 3.44. The molecule has 9 nitrogen and oxygen atoms in total. The van der Waals surface area contributed by atoms with E-state index in [0.717, 1.165) is 43.2 Å². The summed E-state index contributed by atoms with van der Waals surface area (Å²) in [5.74, 6) is 0.713. The number of likely N-dealkylation sites (tertiary alicyclic amines) is 1. The number of fused-ring (bicyclic) bond motifs is 1. The minimum Gasteiger partial charge on any atom is -0.298 e. The van der Waals surface area contributed by atoms with Crippen molar-refractivity contribution in [3.05, 3.63) is 60.6 Å². The highest BCUT2D eigenvalue weighted by molar-refractivity contribution is 7.09. The van der Waals surface area contributed by atoms with Gasteiger partial charge in [-0.15, -0.1) is 11.3 Å². The zero-order valence-corrected chi connectivity index (χ0v) is 17.4. The van der Waals surface area contributed by atoms with Crippen molar-refractivity contribution in [1.82, 2.24) is 34.0 Å². The summed E-state index contributed by atoms with van der Waals surface area (Å²) in [7, 11) is 1.92. The molecule has 5 heterocycles. The van der Waals surface area contributed by atoms with Crippen molar-refractivity contribution in [1.29, 1.82) is 0 Å². The lowest BCUT2D eigenvalue weighted by molar-refractivity contribution is 0.246. The molecule has 0 aromatic carbocycles. The number of aryl methyl sites for hydroxylation is 2. The molecule has 0 saturated carbocycles. The van der Waals surface area contributed by atoms with Gasteiger partial charge in [0.25, 0.3) is 0 Å². The summed E-state index contributed by atoms with van der Waals surface area (Å²) in [6.07, 6.45) is 5.65. The van der Waals surface area contributed by atoms with Crippen LogP contribution in [0.25, 0.3) is 0 Å². The van der Waals surface area contributed by atoms with E-state index in [9.17, 15) is 9.59 Å². The third-order valence-electron chi connectivity index (χ3n) is 5.90. The van der Waals surface area contributed by atoms with Crippen molar-refractivity contribution in [2.45, 2.75) is 39.4 Å². The van der Waals surface area contributed by atoms with Gasteiger partial charge in [-0.05, 0) is 19.9 Å². The van der Waals surface area contributed by atoms with Gasteiger partial charge in [0.05, 0.1) is 23.4 Å². The van der Waals surface area contributed by atoms with Crippen molar-refractivity contribution in [3.63, 3.8) is 0 Å². The predicted molar refractivity (Wildman–Crippen MR) is 108 cm³/mol. The number of aromatic nitrogens is 6. The van der Waals surface area contributed by atoms with Gasteiger partial charge in [-0.1, -0.05) is 0 Å². The average molecular weight is 414 g/mol. The summed E-state index contributed by atoms with van der Waals surface area (Å²) >= 11 is 1.53. The first-order chi connectivity index (χ1) is 13.9. The second-order valence-corrected chi connectivity index (χ2v) is 9.35. The third kappa shape index (κ3) is 3.36. The molecule has 1 spiro atoms. The fourth-order valence-corrected chi connectivity index (χ4v) is 5.20. The van der Waals surface area contributed by atoms with E-state index >= 15 is 0 Å². The molecule has 0 amide bonds. The Labute approximate surface area is 171 Å². The van der Waals surface area contributed by atoms with Crippen LogP contribution in [0.15, 0.2) is 27.4 Å². The molecule has 0 bridgehead atoms. The van der Waals surface area contributed by atoms with Crippen molar-refractivity contribution in [2.75, 3.05) is 13.1 Å². The first kappa shape index (κ1) is 18.4. The van der Waals surface area contributed by atoms with Crippen LogP contribution in [0.5, 0.6) is 0 Å². The summed E-state index contributed by atoms with van der Waals surface area (Å²) in [6.45, 7) is 5.45.